The molecule has 2 rings (SSSR count). The molecule has 1 aliphatic rings. The molecule has 0 saturated carbocycles. The van der Waals surface area contributed by atoms with Crippen LogP contribution in [0.15, 0.2) is 18.2 Å². The average Bonchev–Trinajstić information content (AvgIpc) is 2.80. The highest BCUT2D eigenvalue weighted by Gasteiger charge is 2.14. The van der Waals surface area contributed by atoms with Crippen molar-refractivity contribution in [1.82, 2.24) is 10.6 Å². The molecular weight excluding hydrogens is 271 g/mol. The second-order valence-electron chi connectivity index (χ2n) is 4.50. The summed E-state index contributed by atoms with van der Waals surface area (Å²) in [5, 5.41) is 7.23. The topological polar surface area (TPSA) is 41.1 Å². The molecular formula is C13H16Cl2N2O. The van der Waals surface area contributed by atoms with Crippen molar-refractivity contribution < 1.29 is 4.79 Å². The van der Waals surface area contributed by atoms with Gasteiger partial charge in [0.25, 0.3) is 5.91 Å². The Morgan fingerprint density at radius 2 is 2.06 bits per heavy atom. The summed E-state index contributed by atoms with van der Waals surface area (Å²) in [6.07, 6.45) is 3.38. The molecule has 2 N–H and O–H groups in total. The number of rotatable bonds is 4. The van der Waals surface area contributed by atoms with Crippen LogP contribution in [0.4, 0.5) is 0 Å². The van der Waals surface area contributed by atoms with Gasteiger partial charge in [-0.05, 0) is 44.0 Å². The Morgan fingerprint density at radius 1 is 1.33 bits per heavy atom. The van der Waals surface area contributed by atoms with Crippen LogP contribution < -0.4 is 10.6 Å². The molecule has 0 bridgehead atoms. The van der Waals surface area contributed by atoms with Crippen LogP contribution in [0.1, 0.15) is 29.6 Å². The SMILES string of the molecule is O=C(NCCC1CCCN1)c1cc(Cl)cc(Cl)c1. The van der Waals surface area contributed by atoms with Gasteiger partial charge in [0.15, 0.2) is 0 Å². The molecule has 1 unspecified atom stereocenters. The van der Waals surface area contributed by atoms with Crippen molar-refractivity contribution in [3.05, 3.63) is 33.8 Å². The predicted octanol–water partition coefficient (Wildman–Crippen LogP) is 2.87. The minimum absolute atomic E-state index is 0.127. The molecule has 5 heteroatoms. The standard InChI is InChI=1S/C13H16Cl2N2O/c14-10-6-9(7-11(15)8-10)13(18)17-5-3-12-2-1-4-16-12/h6-8,12,16H,1-5H2,(H,17,18). The highest BCUT2D eigenvalue weighted by Crippen LogP contribution is 2.19. The molecule has 1 aromatic carbocycles. The first-order valence-corrected chi connectivity index (χ1v) is 6.88. The molecule has 0 radical (unpaired) electrons. The first-order chi connectivity index (χ1) is 8.65. The number of benzene rings is 1. The molecule has 3 nitrogen and oxygen atoms in total. The van der Waals surface area contributed by atoms with Gasteiger partial charge in [0, 0.05) is 28.2 Å². The van der Waals surface area contributed by atoms with Crippen molar-refractivity contribution in [2.75, 3.05) is 13.1 Å². The molecule has 98 valence electrons. The Morgan fingerprint density at radius 3 is 2.67 bits per heavy atom. The van der Waals surface area contributed by atoms with E-state index in [1.165, 1.54) is 12.8 Å². The Bertz CT molecular complexity index is 411. The number of carbonyl (C=O) groups is 1. The molecule has 1 atom stereocenters. The minimum atomic E-state index is -0.127. The van der Waals surface area contributed by atoms with Gasteiger partial charge in [-0.1, -0.05) is 23.2 Å². The molecule has 1 heterocycles. The molecule has 1 fully saturated rings. The second-order valence-corrected chi connectivity index (χ2v) is 5.37. The van der Waals surface area contributed by atoms with E-state index in [9.17, 15) is 4.79 Å². The Kier molecular flexibility index (Phi) is 4.87. The quantitative estimate of drug-likeness (QED) is 0.894. The van der Waals surface area contributed by atoms with Gasteiger partial charge in [0.05, 0.1) is 0 Å². The van der Waals surface area contributed by atoms with Crippen LogP contribution in [-0.2, 0) is 0 Å². The van der Waals surface area contributed by atoms with Crippen molar-refractivity contribution in [3.8, 4) is 0 Å². The van der Waals surface area contributed by atoms with Crippen LogP contribution in [0.25, 0.3) is 0 Å². The van der Waals surface area contributed by atoms with Gasteiger partial charge in [-0.2, -0.15) is 0 Å². The maximum absolute atomic E-state index is 11.9. The van der Waals surface area contributed by atoms with E-state index in [4.69, 9.17) is 23.2 Å². The maximum Gasteiger partial charge on any atom is 0.251 e. The molecule has 18 heavy (non-hydrogen) atoms. The summed E-state index contributed by atoms with van der Waals surface area (Å²) in [5.41, 5.74) is 0.506. The van der Waals surface area contributed by atoms with Gasteiger partial charge in [0.2, 0.25) is 0 Å². The van der Waals surface area contributed by atoms with Crippen LogP contribution >= 0.6 is 23.2 Å². The summed E-state index contributed by atoms with van der Waals surface area (Å²) >= 11 is 11.7. The zero-order valence-corrected chi connectivity index (χ0v) is 11.5. The van der Waals surface area contributed by atoms with Crippen molar-refractivity contribution in [3.63, 3.8) is 0 Å². The Labute approximate surface area is 117 Å². The highest BCUT2D eigenvalue weighted by molar-refractivity contribution is 6.35. The number of nitrogens with one attached hydrogen (secondary N) is 2. The Balaban J connectivity index is 1.83. The summed E-state index contributed by atoms with van der Waals surface area (Å²) < 4.78 is 0. The fourth-order valence-corrected chi connectivity index (χ4v) is 2.68. The first-order valence-electron chi connectivity index (χ1n) is 6.13. The third-order valence-electron chi connectivity index (χ3n) is 3.07. The van der Waals surface area contributed by atoms with Crippen molar-refractivity contribution in [1.29, 1.82) is 0 Å². The fraction of sp³-hybridized carbons (Fsp3) is 0.462. The molecule has 0 aliphatic carbocycles. The Hall–Kier alpha value is -0.770. The van der Waals surface area contributed by atoms with Crippen molar-refractivity contribution in [2.45, 2.75) is 25.3 Å². The lowest BCUT2D eigenvalue weighted by atomic mass is 10.1. The van der Waals surface area contributed by atoms with Crippen LogP contribution in [0.2, 0.25) is 10.0 Å². The number of halogens is 2. The van der Waals surface area contributed by atoms with E-state index in [0.717, 1.165) is 13.0 Å². The van der Waals surface area contributed by atoms with Gasteiger partial charge < -0.3 is 10.6 Å². The largest absolute Gasteiger partial charge is 0.352 e. The number of carbonyl (C=O) groups excluding carboxylic acids is 1. The molecule has 1 aliphatic heterocycles. The van der Waals surface area contributed by atoms with E-state index in [2.05, 4.69) is 10.6 Å². The second kappa shape index (κ2) is 6.41. The summed E-state index contributed by atoms with van der Waals surface area (Å²) in [7, 11) is 0. The van der Waals surface area contributed by atoms with Gasteiger partial charge in [-0.25, -0.2) is 0 Å². The smallest absolute Gasteiger partial charge is 0.251 e. The maximum atomic E-state index is 11.9. The zero-order valence-electron chi connectivity index (χ0n) is 10.0. The summed E-state index contributed by atoms with van der Waals surface area (Å²) in [5.74, 6) is -0.127. The van der Waals surface area contributed by atoms with Crippen molar-refractivity contribution >= 4 is 29.1 Å². The van der Waals surface area contributed by atoms with E-state index in [0.29, 0.717) is 28.2 Å². The lowest BCUT2D eigenvalue weighted by Crippen LogP contribution is -2.30. The zero-order chi connectivity index (χ0) is 13.0. The normalized spacial score (nSPS) is 18.9. The summed E-state index contributed by atoms with van der Waals surface area (Å²) in [6, 6.07) is 5.39. The lowest BCUT2D eigenvalue weighted by Gasteiger charge is -2.11. The van der Waals surface area contributed by atoms with E-state index in [-0.39, 0.29) is 5.91 Å². The summed E-state index contributed by atoms with van der Waals surface area (Å²) in [6.45, 7) is 1.75. The van der Waals surface area contributed by atoms with Crippen LogP contribution in [0.3, 0.4) is 0 Å². The van der Waals surface area contributed by atoms with Gasteiger partial charge in [-0.3, -0.25) is 4.79 Å². The molecule has 1 aromatic rings. The van der Waals surface area contributed by atoms with E-state index in [1.807, 2.05) is 0 Å². The average molecular weight is 287 g/mol. The van der Waals surface area contributed by atoms with Crippen molar-refractivity contribution in [2.24, 2.45) is 0 Å². The highest BCUT2D eigenvalue weighted by atomic mass is 35.5. The summed E-state index contributed by atoms with van der Waals surface area (Å²) in [4.78, 5) is 11.9. The predicted molar refractivity (Wildman–Crippen MR) is 74.4 cm³/mol. The van der Waals surface area contributed by atoms with Crippen LogP contribution in [-0.4, -0.2) is 25.0 Å². The minimum Gasteiger partial charge on any atom is -0.352 e. The van der Waals surface area contributed by atoms with Gasteiger partial charge in [0.1, 0.15) is 0 Å². The first kappa shape index (κ1) is 13.7. The number of hydrogen-bond donors (Lipinski definition) is 2. The van der Waals surface area contributed by atoms with Gasteiger partial charge >= 0.3 is 0 Å². The molecule has 0 aromatic heterocycles. The van der Waals surface area contributed by atoms with E-state index in [1.54, 1.807) is 18.2 Å². The third-order valence-corrected chi connectivity index (χ3v) is 3.50. The van der Waals surface area contributed by atoms with E-state index >= 15 is 0 Å². The number of hydrogen-bond acceptors (Lipinski definition) is 2. The lowest BCUT2D eigenvalue weighted by molar-refractivity contribution is 0.0952. The monoisotopic (exact) mass is 286 g/mol. The van der Waals surface area contributed by atoms with Crippen LogP contribution in [0, 0.1) is 0 Å². The van der Waals surface area contributed by atoms with Gasteiger partial charge in [-0.15, -0.1) is 0 Å². The third kappa shape index (κ3) is 3.87. The van der Waals surface area contributed by atoms with E-state index < -0.39 is 0 Å². The molecule has 1 amide bonds. The fourth-order valence-electron chi connectivity index (χ4n) is 2.15. The van der Waals surface area contributed by atoms with Crippen LogP contribution in [0.5, 0.6) is 0 Å². The number of amides is 1. The molecule has 0 spiro atoms. The molecule has 1 saturated heterocycles.